The lowest BCUT2D eigenvalue weighted by Gasteiger charge is -2.45. The van der Waals surface area contributed by atoms with Crippen LogP contribution in [0, 0.1) is 5.92 Å². The molecule has 1 fully saturated rings. The van der Waals surface area contributed by atoms with Gasteiger partial charge in [-0.1, -0.05) is 11.8 Å². The molecule has 3 heterocycles. The molecular weight excluding hydrogens is 296 g/mol. The van der Waals surface area contributed by atoms with Crippen molar-refractivity contribution in [1.82, 2.24) is 10.3 Å². The molecule has 0 bridgehead atoms. The zero-order chi connectivity index (χ0) is 14.2. The van der Waals surface area contributed by atoms with Gasteiger partial charge in [-0.05, 0) is 13.3 Å². The average Bonchev–Trinajstić information content (AvgIpc) is 2.93. The Bertz CT molecular complexity index is 534. The normalized spacial score (nSPS) is 33.1. The van der Waals surface area contributed by atoms with E-state index in [1.165, 1.54) is 23.1 Å². The molecular formula is C12H16N4O2S2. The Kier molecular flexibility index (Phi) is 3.70. The molecule has 3 unspecified atom stereocenters. The van der Waals surface area contributed by atoms with E-state index >= 15 is 0 Å². The first-order valence-corrected chi connectivity index (χ1v) is 8.32. The molecule has 0 radical (unpaired) electrons. The van der Waals surface area contributed by atoms with Crippen LogP contribution in [0.5, 0.6) is 0 Å². The van der Waals surface area contributed by atoms with Crippen molar-refractivity contribution >= 4 is 34.2 Å². The molecule has 3 rings (SSSR count). The van der Waals surface area contributed by atoms with Gasteiger partial charge < -0.3 is 15.8 Å². The van der Waals surface area contributed by atoms with E-state index in [1.807, 2.05) is 6.92 Å². The predicted molar refractivity (Wildman–Crippen MR) is 79.9 cm³/mol. The molecule has 1 amide bonds. The standard InChI is InChI=1S/C12H16N4O2S2/c1-7-2-8-3-20-11(13)16-12(8,5-18-7)15-10(17)9-4-19-6-14-9/h4,6-8H,2-3,5H2,1H3,(H2,13,16)(H,15,17). The number of fused-ring (bicyclic) bond motifs is 1. The number of hydrogen-bond acceptors (Lipinski definition) is 7. The van der Waals surface area contributed by atoms with Gasteiger partial charge in [0, 0.05) is 17.1 Å². The summed E-state index contributed by atoms with van der Waals surface area (Å²) in [5, 5.41) is 5.21. The van der Waals surface area contributed by atoms with Crippen molar-refractivity contribution in [2.24, 2.45) is 16.6 Å². The van der Waals surface area contributed by atoms with Crippen molar-refractivity contribution in [3.05, 3.63) is 16.6 Å². The number of thiazole rings is 1. The van der Waals surface area contributed by atoms with E-state index in [2.05, 4.69) is 15.3 Å². The fourth-order valence-electron chi connectivity index (χ4n) is 2.55. The second-order valence-corrected chi connectivity index (χ2v) is 6.83. The molecule has 3 N–H and O–H groups in total. The van der Waals surface area contributed by atoms with E-state index < -0.39 is 5.66 Å². The van der Waals surface area contributed by atoms with Gasteiger partial charge in [-0.15, -0.1) is 11.3 Å². The SMILES string of the molecule is CC1CC2CSC(N)=NC2(NC(=O)c2cscn2)CO1. The minimum absolute atomic E-state index is 0.180. The maximum absolute atomic E-state index is 12.3. The second-order valence-electron chi connectivity index (χ2n) is 5.07. The number of amidine groups is 1. The van der Waals surface area contributed by atoms with Gasteiger partial charge in [0.25, 0.3) is 5.91 Å². The van der Waals surface area contributed by atoms with Crippen LogP contribution in [-0.4, -0.2) is 40.2 Å². The molecule has 0 saturated carbocycles. The third-order valence-corrected chi connectivity index (χ3v) is 5.16. The summed E-state index contributed by atoms with van der Waals surface area (Å²) in [4.78, 5) is 20.8. The summed E-state index contributed by atoms with van der Waals surface area (Å²) in [7, 11) is 0. The Morgan fingerprint density at radius 1 is 1.65 bits per heavy atom. The van der Waals surface area contributed by atoms with Crippen LogP contribution in [0.15, 0.2) is 15.9 Å². The zero-order valence-corrected chi connectivity index (χ0v) is 12.7. The quantitative estimate of drug-likeness (QED) is 0.852. The van der Waals surface area contributed by atoms with E-state index in [4.69, 9.17) is 10.5 Å². The Morgan fingerprint density at radius 2 is 2.50 bits per heavy atom. The summed E-state index contributed by atoms with van der Waals surface area (Å²) in [6, 6.07) is 0. The van der Waals surface area contributed by atoms with Gasteiger partial charge in [-0.3, -0.25) is 4.79 Å². The van der Waals surface area contributed by atoms with Crippen LogP contribution in [0.4, 0.5) is 0 Å². The number of carbonyl (C=O) groups excluding carboxylic acids is 1. The molecule has 0 aromatic carbocycles. The topological polar surface area (TPSA) is 89.6 Å². The number of aromatic nitrogens is 1. The van der Waals surface area contributed by atoms with E-state index in [9.17, 15) is 4.79 Å². The largest absolute Gasteiger partial charge is 0.378 e. The highest BCUT2D eigenvalue weighted by molar-refractivity contribution is 8.13. The van der Waals surface area contributed by atoms with Gasteiger partial charge in [-0.25, -0.2) is 9.98 Å². The summed E-state index contributed by atoms with van der Waals surface area (Å²) in [5.74, 6) is 0.851. The summed E-state index contributed by atoms with van der Waals surface area (Å²) >= 11 is 2.93. The molecule has 8 heteroatoms. The van der Waals surface area contributed by atoms with Crippen LogP contribution in [0.1, 0.15) is 23.8 Å². The molecule has 1 aromatic heterocycles. The maximum atomic E-state index is 12.3. The molecule has 0 aliphatic carbocycles. The lowest BCUT2D eigenvalue weighted by molar-refractivity contribution is -0.0534. The van der Waals surface area contributed by atoms with Gasteiger partial charge >= 0.3 is 0 Å². The van der Waals surface area contributed by atoms with Crippen LogP contribution in [0.25, 0.3) is 0 Å². The molecule has 20 heavy (non-hydrogen) atoms. The van der Waals surface area contributed by atoms with Crippen LogP contribution in [-0.2, 0) is 4.74 Å². The van der Waals surface area contributed by atoms with Gasteiger partial charge in [0.1, 0.15) is 5.69 Å². The molecule has 1 saturated heterocycles. The number of aliphatic imine (C=N–C) groups is 1. The first-order chi connectivity index (χ1) is 9.59. The van der Waals surface area contributed by atoms with Crippen LogP contribution >= 0.6 is 23.1 Å². The third kappa shape index (κ3) is 2.55. The van der Waals surface area contributed by atoms with Crippen molar-refractivity contribution in [3.8, 4) is 0 Å². The van der Waals surface area contributed by atoms with Crippen LogP contribution < -0.4 is 11.1 Å². The lowest BCUT2D eigenvalue weighted by atomic mass is 9.87. The Morgan fingerprint density at radius 3 is 3.25 bits per heavy atom. The maximum Gasteiger partial charge on any atom is 0.272 e. The Balaban J connectivity index is 1.86. The number of thioether (sulfide) groups is 1. The summed E-state index contributed by atoms with van der Waals surface area (Å²) < 4.78 is 5.71. The summed E-state index contributed by atoms with van der Waals surface area (Å²) in [6.45, 7) is 2.40. The van der Waals surface area contributed by atoms with Crippen molar-refractivity contribution in [1.29, 1.82) is 0 Å². The van der Waals surface area contributed by atoms with Gasteiger partial charge in [0.15, 0.2) is 10.8 Å². The highest BCUT2D eigenvalue weighted by Crippen LogP contribution is 2.37. The van der Waals surface area contributed by atoms with E-state index in [-0.39, 0.29) is 17.9 Å². The molecule has 6 nitrogen and oxygen atoms in total. The van der Waals surface area contributed by atoms with Crippen molar-refractivity contribution in [2.75, 3.05) is 12.4 Å². The number of nitrogens with one attached hydrogen (secondary N) is 1. The number of rotatable bonds is 2. The van der Waals surface area contributed by atoms with Crippen LogP contribution in [0.3, 0.4) is 0 Å². The summed E-state index contributed by atoms with van der Waals surface area (Å²) in [6.07, 6.45) is 1.04. The van der Waals surface area contributed by atoms with Gasteiger partial charge in [0.2, 0.25) is 0 Å². The molecule has 0 spiro atoms. The molecule has 2 aliphatic heterocycles. The second kappa shape index (κ2) is 5.34. The van der Waals surface area contributed by atoms with E-state index in [0.717, 1.165) is 12.2 Å². The number of nitrogens with zero attached hydrogens (tertiary/aromatic N) is 2. The zero-order valence-electron chi connectivity index (χ0n) is 11.0. The minimum Gasteiger partial charge on any atom is -0.378 e. The highest BCUT2D eigenvalue weighted by atomic mass is 32.2. The van der Waals surface area contributed by atoms with E-state index in [1.54, 1.807) is 10.9 Å². The van der Waals surface area contributed by atoms with Gasteiger partial charge in [-0.2, -0.15) is 0 Å². The number of ether oxygens (including phenoxy) is 1. The molecule has 1 aromatic rings. The first-order valence-electron chi connectivity index (χ1n) is 6.39. The lowest BCUT2D eigenvalue weighted by Crippen LogP contribution is -2.62. The van der Waals surface area contributed by atoms with Crippen molar-refractivity contribution in [2.45, 2.75) is 25.1 Å². The molecule has 3 atom stereocenters. The van der Waals surface area contributed by atoms with E-state index in [0.29, 0.717) is 17.5 Å². The number of carbonyl (C=O) groups is 1. The fraction of sp³-hybridized carbons (Fsp3) is 0.583. The van der Waals surface area contributed by atoms with Crippen LogP contribution in [0.2, 0.25) is 0 Å². The van der Waals surface area contributed by atoms with Crippen molar-refractivity contribution < 1.29 is 9.53 Å². The third-order valence-electron chi connectivity index (χ3n) is 3.62. The molecule has 2 aliphatic rings. The average molecular weight is 312 g/mol. The smallest absolute Gasteiger partial charge is 0.272 e. The predicted octanol–water partition coefficient (Wildman–Crippen LogP) is 1.06. The number of nitrogens with two attached hydrogens (primary N) is 1. The minimum atomic E-state index is -0.747. The number of amides is 1. The van der Waals surface area contributed by atoms with Crippen molar-refractivity contribution in [3.63, 3.8) is 0 Å². The van der Waals surface area contributed by atoms with Gasteiger partial charge in [0.05, 0.1) is 18.2 Å². The first kappa shape index (κ1) is 13.8. The number of hydrogen-bond donors (Lipinski definition) is 2. The fourth-order valence-corrected chi connectivity index (χ4v) is 4.09. The Hall–Kier alpha value is -1.12. The molecule has 108 valence electrons. The highest BCUT2D eigenvalue weighted by Gasteiger charge is 2.47. The monoisotopic (exact) mass is 312 g/mol. The Labute approximate surface area is 125 Å². The summed E-state index contributed by atoms with van der Waals surface area (Å²) in [5.41, 5.74) is 7.15.